The molecule has 0 heterocycles. The van der Waals surface area contributed by atoms with Gasteiger partial charge in [-0.2, -0.15) is 0 Å². The number of aliphatic carboxylic acids is 1. The highest BCUT2D eigenvalue weighted by molar-refractivity contribution is 5.84. The van der Waals surface area contributed by atoms with Gasteiger partial charge in [-0.1, -0.05) is 12.8 Å². The number of ether oxygens (including phenoxy) is 1. The molecule has 1 saturated carbocycles. The van der Waals surface area contributed by atoms with Crippen LogP contribution in [0.2, 0.25) is 0 Å². The molecule has 1 amide bonds. The van der Waals surface area contributed by atoms with Gasteiger partial charge in [-0.05, 0) is 26.2 Å². The number of carboxylic acids is 1. The summed E-state index contributed by atoms with van der Waals surface area (Å²) in [5.41, 5.74) is 0. The summed E-state index contributed by atoms with van der Waals surface area (Å²) in [4.78, 5) is 23.0. The number of hydrogen-bond acceptors (Lipinski definition) is 3. The van der Waals surface area contributed by atoms with E-state index >= 15 is 0 Å². The van der Waals surface area contributed by atoms with Gasteiger partial charge >= 0.3 is 5.97 Å². The maximum Gasteiger partial charge on any atom is 0.307 e. The minimum atomic E-state index is -0.843. The van der Waals surface area contributed by atoms with Gasteiger partial charge in [0.2, 0.25) is 5.91 Å². The maximum absolute atomic E-state index is 11.9. The Labute approximate surface area is 108 Å². The topological polar surface area (TPSA) is 75.6 Å². The molecule has 2 N–H and O–H groups in total. The summed E-state index contributed by atoms with van der Waals surface area (Å²) in [5.74, 6) is -1.82. The highest BCUT2D eigenvalue weighted by Crippen LogP contribution is 2.30. The molecule has 0 aromatic heterocycles. The lowest BCUT2D eigenvalue weighted by atomic mass is 9.79. The van der Waals surface area contributed by atoms with Gasteiger partial charge in [0, 0.05) is 19.8 Å². The van der Waals surface area contributed by atoms with E-state index in [-0.39, 0.29) is 11.8 Å². The predicted octanol–water partition coefficient (Wildman–Crippen LogP) is 1.42. The van der Waals surface area contributed by atoms with Crippen LogP contribution in [0.4, 0.5) is 0 Å². The minimum Gasteiger partial charge on any atom is -0.481 e. The molecular formula is C13H23NO4. The molecule has 1 aliphatic rings. The number of carboxylic acid groups (broad SMARTS) is 1. The smallest absolute Gasteiger partial charge is 0.307 e. The molecule has 1 aliphatic carbocycles. The second-order valence-electron chi connectivity index (χ2n) is 4.68. The van der Waals surface area contributed by atoms with E-state index < -0.39 is 11.9 Å². The van der Waals surface area contributed by atoms with Crippen LogP contribution in [0.25, 0.3) is 0 Å². The van der Waals surface area contributed by atoms with Gasteiger partial charge < -0.3 is 15.2 Å². The molecule has 0 bridgehead atoms. The van der Waals surface area contributed by atoms with Crippen LogP contribution in [0.1, 0.15) is 39.0 Å². The van der Waals surface area contributed by atoms with Gasteiger partial charge in [-0.15, -0.1) is 0 Å². The van der Waals surface area contributed by atoms with Crippen molar-refractivity contribution in [2.45, 2.75) is 39.0 Å². The molecule has 2 atom stereocenters. The highest BCUT2D eigenvalue weighted by atomic mass is 16.5. The van der Waals surface area contributed by atoms with Crippen LogP contribution in [-0.4, -0.2) is 36.7 Å². The Kier molecular flexibility index (Phi) is 6.72. The van der Waals surface area contributed by atoms with Crippen molar-refractivity contribution in [3.05, 3.63) is 0 Å². The first-order chi connectivity index (χ1) is 8.66. The van der Waals surface area contributed by atoms with Gasteiger partial charge in [-0.3, -0.25) is 9.59 Å². The Morgan fingerprint density at radius 3 is 2.56 bits per heavy atom. The normalized spacial score (nSPS) is 23.6. The number of nitrogens with one attached hydrogen (secondary N) is 1. The van der Waals surface area contributed by atoms with E-state index in [4.69, 9.17) is 9.84 Å². The van der Waals surface area contributed by atoms with Crippen molar-refractivity contribution in [3.8, 4) is 0 Å². The zero-order valence-corrected chi connectivity index (χ0v) is 11.0. The monoisotopic (exact) mass is 257 g/mol. The SMILES string of the molecule is CCOCCCNC(=O)C1CCCCC1C(=O)O. The van der Waals surface area contributed by atoms with E-state index in [0.29, 0.717) is 32.6 Å². The number of carbonyl (C=O) groups is 2. The number of rotatable bonds is 7. The molecule has 0 aromatic carbocycles. The molecular weight excluding hydrogens is 234 g/mol. The zero-order valence-electron chi connectivity index (χ0n) is 11.0. The summed E-state index contributed by atoms with van der Waals surface area (Å²) in [6.45, 7) is 3.79. The van der Waals surface area contributed by atoms with E-state index in [1.807, 2.05) is 6.92 Å². The van der Waals surface area contributed by atoms with E-state index in [1.54, 1.807) is 0 Å². The number of amides is 1. The van der Waals surface area contributed by atoms with Crippen LogP contribution in [0.5, 0.6) is 0 Å². The third kappa shape index (κ3) is 4.64. The fourth-order valence-corrected chi connectivity index (χ4v) is 2.40. The van der Waals surface area contributed by atoms with Crippen molar-refractivity contribution in [1.29, 1.82) is 0 Å². The largest absolute Gasteiger partial charge is 0.481 e. The van der Waals surface area contributed by atoms with Gasteiger partial charge in [-0.25, -0.2) is 0 Å². The quantitative estimate of drug-likeness (QED) is 0.676. The summed E-state index contributed by atoms with van der Waals surface area (Å²) in [5, 5.41) is 11.9. The van der Waals surface area contributed by atoms with Gasteiger partial charge in [0.25, 0.3) is 0 Å². The molecule has 5 nitrogen and oxygen atoms in total. The molecule has 1 rings (SSSR count). The Bertz CT molecular complexity index is 280. The van der Waals surface area contributed by atoms with E-state index in [2.05, 4.69) is 5.32 Å². The molecule has 104 valence electrons. The Hall–Kier alpha value is -1.10. The molecule has 0 aliphatic heterocycles. The number of carbonyl (C=O) groups excluding carboxylic acids is 1. The van der Waals surface area contributed by atoms with E-state index in [0.717, 1.165) is 19.3 Å². The predicted molar refractivity (Wildman–Crippen MR) is 67.2 cm³/mol. The van der Waals surface area contributed by atoms with Crippen molar-refractivity contribution in [2.24, 2.45) is 11.8 Å². The summed E-state index contributed by atoms with van der Waals surface area (Å²) in [6.07, 6.45) is 3.93. The van der Waals surface area contributed by atoms with Crippen molar-refractivity contribution in [2.75, 3.05) is 19.8 Å². The standard InChI is InChI=1S/C13H23NO4/c1-2-18-9-5-8-14-12(15)10-6-3-4-7-11(10)13(16)17/h10-11H,2-9H2,1H3,(H,14,15)(H,16,17). The maximum atomic E-state index is 11.9. The van der Waals surface area contributed by atoms with Crippen LogP contribution in [0.15, 0.2) is 0 Å². The summed E-state index contributed by atoms with van der Waals surface area (Å²) in [7, 11) is 0. The van der Waals surface area contributed by atoms with E-state index in [9.17, 15) is 9.59 Å². The summed E-state index contributed by atoms with van der Waals surface area (Å²) in [6, 6.07) is 0. The molecule has 5 heteroatoms. The fourth-order valence-electron chi connectivity index (χ4n) is 2.40. The number of hydrogen-bond donors (Lipinski definition) is 2. The molecule has 0 spiro atoms. The van der Waals surface area contributed by atoms with Gasteiger partial charge in [0.1, 0.15) is 0 Å². The summed E-state index contributed by atoms with van der Waals surface area (Å²) >= 11 is 0. The zero-order chi connectivity index (χ0) is 13.4. The van der Waals surface area contributed by atoms with Crippen LogP contribution in [0.3, 0.4) is 0 Å². The second-order valence-corrected chi connectivity index (χ2v) is 4.68. The first-order valence-electron chi connectivity index (χ1n) is 6.75. The van der Waals surface area contributed by atoms with Gasteiger partial charge in [0.15, 0.2) is 0 Å². The van der Waals surface area contributed by atoms with Crippen LogP contribution in [-0.2, 0) is 14.3 Å². The lowest BCUT2D eigenvalue weighted by Crippen LogP contribution is -2.40. The van der Waals surface area contributed by atoms with Crippen LogP contribution < -0.4 is 5.32 Å². The first kappa shape index (κ1) is 15.0. The molecule has 18 heavy (non-hydrogen) atoms. The van der Waals surface area contributed by atoms with Gasteiger partial charge in [0.05, 0.1) is 11.8 Å². The lowest BCUT2D eigenvalue weighted by molar-refractivity contribution is -0.148. The van der Waals surface area contributed by atoms with Crippen molar-refractivity contribution in [1.82, 2.24) is 5.32 Å². The average molecular weight is 257 g/mol. The lowest BCUT2D eigenvalue weighted by Gasteiger charge is -2.27. The van der Waals surface area contributed by atoms with Crippen molar-refractivity contribution in [3.63, 3.8) is 0 Å². The molecule has 0 radical (unpaired) electrons. The first-order valence-corrected chi connectivity index (χ1v) is 6.75. The van der Waals surface area contributed by atoms with Crippen molar-refractivity contribution >= 4 is 11.9 Å². The fraction of sp³-hybridized carbons (Fsp3) is 0.846. The molecule has 2 unspecified atom stereocenters. The third-order valence-electron chi connectivity index (χ3n) is 3.39. The third-order valence-corrected chi connectivity index (χ3v) is 3.39. The summed E-state index contributed by atoms with van der Waals surface area (Å²) < 4.78 is 5.17. The second kappa shape index (κ2) is 8.08. The Morgan fingerprint density at radius 1 is 1.28 bits per heavy atom. The van der Waals surface area contributed by atoms with Crippen molar-refractivity contribution < 1.29 is 19.4 Å². The van der Waals surface area contributed by atoms with E-state index in [1.165, 1.54) is 0 Å². The molecule has 1 fully saturated rings. The highest BCUT2D eigenvalue weighted by Gasteiger charge is 2.35. The molecule has 0 aromatic rings. The average Bonchev–Trinajstić information content (AvgIpc) is 2.38. The van der Waals surface area contributed by atoms with Crippen LogP contribution in [0, 0.1) is 11.8 Å². The Balaban J connectivity index is 2.32. The minimum absolute atomic E-state index is 0.112. The Morgan fingerprint density at radius 2 is 1.94 bits per heavy atom. The molecule has 0 saturated heterocycles. The van der Waals surface area contributed by atoms with Crippen LogP contribution >= 0.6 is 0 Å².